The molecule has 1 atom stereocenters. The Hall–Kier alpha value is -2.07. The molecule has 2 heterocycles. The van der Waals surface area contributed by atoms with Gasteiger partial charge < -0.3 is 14.4 Å². The molecule has 0 aromatic heterocycles. The summed E-state index contributed by atoms with van der Waals surface area (Å²) in [4.78, 5) is 19.7. The van der Waals surface area contributed by atoms with Gasteiger partial charge in [0.25, 0.3) is 0 Å². The lowest BCUT2D eigenvalue weighted by Crippen LogP contribution is -2.56. The smallest absolute Gasteiger partial charge is 0.410 e. The maximum Gasteiger partial charge on any atom is 0.410 e. The Balaban J connectivity index is 1.65. The van der Waals surface area contributed by atoms with Gasteiger partial charge in [0, 0.05) is 31.7 Å². The molecule has 188 valence electrons. The fraction of sp³-hybridized carbons (Fsp3) is 0.679. The zero-order valence-corrected chi connectivity index (χ0v) is 22.2. The second kappa shape index (κ2) is 11.1. The summed E-state index contributed by atoms with van der Waals surface area (Å²) in [5.41, 5.74) is 3.35. The number of rotatable bonds is 4. The van der Waals surface area contributed by atoms with E-state index < -0.39 is 5.60 Å². The van der Waals surface area contributed by atoms with Gasteiger partial charge in [0.05, 0.1) is 32.3 Å². The van der Waals surface area contributed by atoms with Gasteiger partial charge in [-0.3, -0.25) is 9.80 Å². The average Bonchev–Trinajstić information content (AvgIpc) is 2.73. The maximum atomic E-state index is 13.0. The minimum atomic E-state index is -0.502. The Bertz CT molecular complexity index is 910. The summed E-state index contributed by atoms with van der Waals surface area (Å²) >= 11 is 0. The first kappa shape index (κ1) is 26.5. The minimum Gasteiger partial charge on any atom is -0.444 e. The van der Waals surface area contributed by atoms with E-state index >= 15 is 0 Å². The highest BCUT2D eigenvalue weighted by Crippen LogP contribution is 2.21. The van der Waals surface area contributed by atoms with Crippen LogP contribution in [0.5, 0.6) is 0 Å². The number of amides is 1. The van der Waals surface area contributed by atoms with E-state index in [0.717, 1.165) is 52.4 Å². The standard InChI is InChI=1S/C28H43N3O3/c1-22-10-11-24(18-23(22)2)19-25-20-29(14-15-31(25)26(32)34-27(3,4)5)12-8-9-13-30-16-17-33-21-28(30,6)7/h10-11,18,25H,12-17,19-21H2,1-7H3/t25-/m1/s1. The van der Waals surface area contributed by atoms with E-state index in [0.29, 0.717) is 6.54 Å². The van der Waals surface area contributed by atoms with Crippen molar-refractivity contribution in [2.75, 3.05) is 52.5 Å². The molecule has 2 saturated heterocycles. The molecule has 0 spiro atoms. The molecule has 6 heteroatoms. The molecule has 0 saturated carbocycles. The summed E-state index contributed by atoms with van der Waals surface area (Å²) in [7, 11) is 0. The molecule has 2 aliphatic heterocycles. The van der Waals surface area contributed by atoms with Crippen molar-refractivity contribution in [3.8, 4) is 11.8 Å². The topological polar surface area (TPSA) is 45.2 Å². The van der Waals surface area contributed by atoms with Crippen LogP contribution in [-0.2, 0) is 15.9 Å². The number of carbonyl (C=O) groups excluding carboxylic acids is 1. The summed E-state index contributed by atoms with van der Waals surface area (Å²) in [5, 5.41) is 0. The van der Waals surface area contributed by atoms with Gasteiger partial charge in [-0.25, -0.2) is 4.79 Å². The van der Waals surface area contributed by atoms with Crippen LogP contribution in [-0.4, -0.2) is 90.5 Å². The van der Waals surface area contributed by atoms with Gasteiger partial charge in [0.15, 0.2) is 0 Å². The van der Waals surface area contributed by atoms with E-state index in [4.69, 9.17) is 9.47 Å². The second-order valence-electron chi connectivity index (χ2n) is 11.3. The fourth-order valence-electron chi connectivity index (χ4n) is 4.50. The number of benzene rings is 1. The molecule has 2 aliphatic rings. The van der Waals surface area contributed by atoms with Gasteiger partial charge in [0.1, 0.15) is 5.60 Å². The van der Waals surface area contributed by atoms with E-state index in [1.165, 1.54) is 16.7 Å². The molecule has 0 unspecified atom stereocenters. The summed E-state index contributed by atoms with van der Waals surface area (Å²) in [6.45, 7) is 20.6. The SMILES string of the molecule is Cc1ccc(C[C@@H]2CN(CC#CCN3CCOCC3(C)C)CCN2C(=O)OC(C)(C)C)cc1C. The summed E-state index contributed by atoms with van der Waals surface area (Å²) < 4.78 is 11.3. The molecule has 0 bridgehead atoms. The third kappa shape index (κ3) is 7.46. The number of ether oxygens (including phenoxy) is 2. The van der Waals surface area contributed by atoms with Crippen molar-refractivity contribution >= 4 is 6.09 Å². The van der Waals surface area contributed by atoms with Crippen LogP contribution in [0.1, 0.15) is 51.3 Å². The van der Waals surface area contributed by atoms with Crippen LogP contribution < -0.4 is 0 Å². The third-order valence-corrected chi connectivity index (χ3v) is 6.75. The van der Waals surface area contributed by atoms with E-state index in [9.17, 15) is 4.79 Å². The molecule has 6 nitrogen and oxygen atoms in total. The van der Waals surface area contributed by atoms with Crippen LogP contribution in [0.3, 0.4) is 0 Å². The highest BCUT2D eigenvalue weighted by molar-refractivity contribution is 5.69. The number of hydrogen-bond donors (Lipinski definition) is 0. The number of hydrogen-bond acceptors (Lipinski definition) is 5. The lowest BCUT2D eigenvalue weighted by Gasteiger charge is -2.41. The molecule has 3 rings (SSSR count). The monoisotopic (exact) mass is 469 g/mol. The predicted octanol–water partition coefficient (Wildman–Crippen LogP) is 3.88. The van der Waals surface area contributed by atoms with Crippen LogP contribution in [0.15, 0.2) is 18.2 Å². The number of nitrogens with zero attached hydrogens (tertiary/aromatic N) is 3. The first-order chi connectivity index (χ1) is 15.9. The Morgan fingerprint density at radius 1 is 1.12 bits per heavy atom. The number of morpholine rings is 1. The van der Waals surface area contributed by atoms with E-state index in [1.54, 1.807) is 0 Å². The Kier molecular flexibility index (Phi) is 8.67. The molecule has 1 aromatic rings. The van der Waals surface area contributed by atoms with Crippen LogP contribution in [0.2, 0.25) is 0 Å². The maximum absolute atomic E-state index is 13.0. The molecule has 1 amide bonds. The number of carbonyl (C=O) groups is 1. The zero-order chi connectivity index (χ0) is 24.9. The van der Waals surface area contributed by atoms with E-state index in [2.05, 4.69) is 67.5 Å². The van der Waals surface area contributed by atoms with Crippen LogP contribution >= 0.6 is 0 Å². The lowest BCUT2D eigenvalue weighted by molar-refractivity contribution is -0.0440. The first-order valence-electron chi connectivity index (χ1n) is 12.5. The summed E-state index contributed by atoms with van der Waals surface area (Å²) in [6, 6.07) is 6.65. The zero-order valence-electron chi connectivity index (χ0n) is 22.2. The lowest BCUT2D eigenvalue weighted by atomic mass is 9.98. The van der Waals surface area contributed by atoms with Gasteiger partial charge in [-0.05, 0) is 71.6 Å². The van der Waals surface area contributed by atoms with Gasteiger partial charge >= 0.3 is 6.09 Å². The molecule has 1 aromatic carbocycles. The molecular weight excluding hydrogens is 426 g/mol. The second-order valence-corrected chi connectivity index (χ2v) is 11.3. The summed E-state index contributed by atoms with van der Waals surface area (Å²) in [6.07, 6.45) is 0.591. The van der Waals surface area contributed by atoms with E-state index in [1.807, 2.05) is 25.7 Å². The quantitative estimate of drug-likeness (QED) is 0.626. The van der Waals surface area contributed by atoms with Crippen molar-refractivity contribution in [2.45, 2.75) is 72.1 Å². The first-order valence-corrected chi connectivity index (χ1v) is 12.5. The molecule has 0 aliphatic carbocycles. The Morgan fingerprint density at radius 2 is 1.85 bits per heavy atom. The van der Waals surface area contributed by atoms with Crippen LogP contribution in [0, 0.1) is 25.7 Å². The van der Waals surface area contributed by atoms with Gasteiger partial charge in [-0.15, -0.1) is 0 Å². The van der Waals surface area contributed by atoms with Crippen LogP contribution in [0.4, 0.5) is 4.79 Å². The number of piperazine rings is 1. The molecule has 0 radical (unpaired) electrons. The molecule has 2 fully saturated rings. The Morgan fingerprint density at radius 3 is 2.53 bits per heavy atom. The normalized spacial score (nSPS) is 21.6. The largest absolute Gasteiger partial charge is 0.444 e. The van der Waals surface area contributed by atoms with Crippen LogP contribution in [0.25, 0.3) is 0 Å². The van der Waals surface area contributed by atoms with E-state index in [-0.39, 0.29) is 17.7 Å². The van der Waals surface area contributed by atoms with Crippen molar-refractivity contribution in [3.63, 3.8) is 0 Å². The predicted molar refractivity (Wildman–Crippen MR) is 137 cm³/mol. The van der Waals surface area contributed by atoms with Gasteiger partial charge in [0.2, 0.25) is 0 Å². The average molecular weight is 470 g/mol. The molecule has 34 heavy (non-hydrogen) atoms. The molecule has 0 N–H and O–H groups in total. The van der Waals surface area contributed by atoms with Gasteiger partial charge in [-0.2, -0.15) is 0 Å². The van der Waals surface area contributed by atoms with Crippen molar-refractivity contribution in [2.24, 2.45) is 0 Å². The Labute approximate surface area is 206 Å². The fourth-order valence-corrected chi connectivity index (χ4v) is 4.50. The summed E-state index contributed by atoms with van der Waals surface area (Å²) in [5.74, 6) is 6.76. The van der Waals surface area contributed by atoms with Crippen molar-refractivity contribution in [3.05, 3.63) is 34.9 Å². The van der Waals surface area contributed by atoms with Crippen molar-refractivity contribution in [1.82, 2.24) is 14.7 Å². The van der Waals surface area contributed by atoms with Crippen molar-refractivity contribution < 1.29 is 14.3 Å². The third-order valence-electron chi connectivity index (χ3n) is 6.75. The van der Waals surface area contributed by atoms with Crippen molar-refractivity contribution in [1.29, 1.82) is 0 Å². The number of aryl methyl sites for hydroxylation is 2. The van der Waals surface area contributed by atoms with Gasteiger partial charge in [-0.1, -0.05) is 30.0 Å². The highest BCUT2D eigenvalue weighted by atomic mass is 16.6. The highest BCUT2D eigenvalue weighted by Gasteiger charge is 2.33. The molecular formula is C28H43N3O3. The minimum absolute atomic E-state index is 0.0310.